The van der Waals surface area contributed by atoms with Gasteiger partial charge >= 0.3 is 0 Å². The summed E-state index contributed by atoms with van der Waals surface area (Å²) in [6.45, 7) is 1.98. The van der Waals surface area contributed by atoms with Crippen LogP contribution in [0, 0.1) is 0 Å². The van der Waals surface area contributed by atoms with E-state index in [2.05, 4.69) is 5.10 Å². The topological polar surface area (TPSA) is 64.1 Å². The molecule has 0 aliphatic heterocycles. The van der Waals surface area contributed by atoms with E-state index in [4.69, 9.17) is 5.73 Å². The molecule has 0 fully saturated rings. The molecule has 4 nitrogen and oxygen atoms in total. The van der Waals surface area contributed by atoms with Crippen molar-refractivity contribution in [3.8, 4) is 16.9 Å². The second-order valence-electron chi connectivity index (χ2n) is 4.36. The van der Waals surface area contributed by atoms with Gasteiger partial charge in [0.05, 0.1) is 6.20 Å². The fraction of sp³-hybridized carbons (Fsp3) is 0.308. The van der Waals surface area contributed by atoms with Crippen molar-refractivity contribution in [2.45, 2.75) is 19.4 Å². The summed E-state index contributed by atoms with van der Waals surface area (Å²) in [5, 5.41) is 13.5. The summed E-state index contributed by atoms with van der Waals surface area (Å²) in [7, 11) is 1.92. The molecular weight excluding hydrogens is 214 g/mol. The Morgan fingerprint density at radius 3 is 2.59 bits per heavy atom. The maximum atomic E-state index is 9.28. The van der Waals surface area contributed by atoms with E-state index in [-0.39, 0.29) is 11.8 Å². The van der Waals surface area contributed by atoms with E-state index >= 15 is 0 Å². The molecule has 1 aromatic heterocycles. The summed E-state index contributed by atoms with van der Waals surface area (Å²) in [6.07, 6.45) is 2.62. The molecule has 0 aliphatic carbocycles. The number of hydrogen-bond donors (Lipinski definition) is 2. The van der Waals surface area contributed by atoms with Crippen molar-refractivity contribution >= 4 is 0 Å². The van der Waals surface area contributed by atoms with Crippen molar-refractivity contribution in [1.29, 1.82) is 0 Å². The van der Waals surface area contributed by atoms with Crippen molar-refractivity contribution in [3.05, 3.63) is 36.2 Å². The Labute approximate surface area is 101 Å². The highest BCUT2D eigenvalue weighted by Crippen LogP contribution is 2.25. The average molecular weight is 231 g/mol. The van der Waals surface area contributed by atoms with E-state index < -0.39 is 0 Å². The van der Waals surface area contributed by atoms with Crippen LogP contribution in [0.1, 0.15) is 12.6 Å². The molecule has 1 aromatic carbocycles. The summed E-state index contributed by atoms with van der Waals surface area (Å²) in [5.74, 6) is 0.270. The molecule has 4 heteroatoms. The van der Waals surface area contributed by atoms with Crippen LogP contribution in [0.15, 0.2) is 30.5 Å². The Morgan fingerprint density at radius 2 is 2.00 bits per heavy atom. The van der Waals surface area contributed by atoms with Crippen molar-refractivity contribution in [2.75, 3.05) is 0 Å². The third kappa shape index (κ3) is 2.47. The lowest BCUT2D eigenvalue weighted by Gasteiger charge is -2.09. The van der Waals surface area contributed by atoms with Crippen molar-refractivity contribution in [1.82, 2.24) is 9.78 Å². The zero-order chi connectivity index (χ0) is 12.4. The van der Waals surface area contributed by atoms with Gasteiger partial charge in [-0.25, -0.2) is 0 Å². The number of benzene rings is 1. The van der Waals surface area contributed by atoms with Gasteiger partial charge < -0.3 is 10.8 Å². The van der Waals surface area contributed by atoms with E-state index in [1.807, 2.05) is 37.0 Å². The minimum absolute atomic E-state index is 0.0984. The third-order valence-corrected chi connectivity index (χ3v) is 2.76. The first kappa shape index (κ1) is 11.7. The van der Waals surface area contributed by atoms with Gasteiger partial charge in [-0.05, 0) is 24.6 Å². The highest BCUT2D eigenvalue weighted by molar-refractivity contribution is 5.66. The fourth-order valence-corrected chi connectivity index (χ4v) is 1.89. The molecule has 90 valence electrons. The van der Waals surface area contributed by atoms with Gasteiger partial charge in [0.25, 0.3) is 0 Å². The molecule has 17 heavy (non-hydrogen) atoms. The second kappa shape index (κ2) is 4.59. The Morgan fingerprint density at radius 1 is 1.35 bits per heavy atom. The summed E-state index contributed by atoms with van der Waals surface area (Å²) >= 11 is 0. The zero-order valence-corrected chi connectivity index (χ0v) is 10.1. The average Bonchev–Trinajstić information content (AvgIpc) is 2.61. The molecule has 2 aromatic rings. The van der Waals surface area contributed by atoms with E-state index in [1.165, 1.54) is 0 Å². The van der Waals surface area contributed by atoms with Gasteiger partial charge in [-0.1, -0.05) is 12.1 Å². The predicted molar refractivity (Wildman–Crippen MR) is 67.7 cm³/mol. The Balaban J connectivity index is 2.41. The highest BCUT2D eigenvalue weighted by atomic mass is 16.3. The largest absolute Gasteiger partial charge is 0.508 e. The summed E-state index contributed by atoms with van der Waals surface area (Å²) < 4.78 is 1.85. The van der Waals surface area contributed by atoms with Crippen LogP contribution < -0.4 is 5.73 Å². The standard InChI is InChI=1S/C13H17N3O/c1-9(14)7-13-12(8-15-16(13)2)10-3-5-11(17)6-4-10/h3-6,8-9,17H,7,14H2,1-2H3. The van der Waals surface area contributed by atoms with Gasteiger partial charge in [0.1, 0.15) is 5.75 Å². The van der Waals surface area contributed by atoms with Crippen LogP contribution in [-0.2, 0) is 13.5 Å². The first-order chi connectivity index (χ1) is 8.08. The predicted octanol–water partition coefficient (Wildman–Crippen LogP) is 1.68. The number of rotatable bonds is 3. The maximum absolute atomic E-state index is 9.28. The lowest BCUT2D eigenvalue weighted by molar-refractivity contribution is 0.475. The van der Waals surface area contributed by atoms with Crippen LogP contribution in [0.4, 0.5) is 0 Å². The number of aryl methyl sites for hydroxylation is 1. The highest BCUT2D eigenvalue weighted by Gasteiger charge is 2.12. The summed E-state index contributed by atoms with van der Waals surface area (Å²) in [5.41, 5.74) is 9.08. The van der Waals surface area contributed by atoms with Crippen LogP contribution in [0.25, 0.3) is 11.1 Å². The first-order valence-corrected chi connectivity index (χ1v) is 5.64. The molecule has 0 radical (unpaired) electrons. The van der Waals surface area contributed by atoms with Crippen molar-refractivity contribution < 1.29 is 5.11 Å². The lowest BCUT2D eigenvalue weighted by atomic mass is 10.0. The zero-order valence-electron chi connectivity index (χ0n) is 10.1. The minimum atomic E-state index is 0.0984. The van der Waals surface area contributed by atoms with E-state index in [1.54, 1.807) is 12.1 Å². The molecule has 0 saturated heterocycles. The molecule has 0 amide bonds. The van der Waals surface area contributed by atoms with Crippen LogP contribution in [0.3, 0.4) is 0 Å². The SMILES string of the molecule is CC(N)Cc1c(-c2ccc(O)cc2)cnn1C. The Kier molecular flexibility index (Phi) is 3.15. The van der Waals surface area contributed by atoms with Crippen LogP contribution in [-0.4, -0.2) is 20.9 Å². The van der Waals surface area contributed by atoms with Gasteiger partial charge in [0, 0.05) is 30.8 Å². The van der Waals surface area contributed by atoms with Crippen LogP contribution in [0.2, 0.25) is 0 Å². The molecule has 1 atom stereocenters. The smallest absolute Gasteiger partial charge is 0.115 e. The van der Waals surface area contributed by atoms with E-state index in [0.29, 0.717) is 0 Å². The van der Waals surface area contributed by atoms with Crippen LogP contribution in [0.5, 0.6) is 5.75 Å². The van der Waals surface area contributed by atoms with Gasteiger partial charge in [-0.15, -0.1) is 0 Å². The third-order valence-electron chi connectivity index (χ3n) is 2.76. The fourth-order valence-electron chi connectivity index (χ4n) is 1.89. The number of nitrogens with zero attached hydrogens (tertiary/aromatic N) is 2. The second-order valence-corrected chi connectivity index (χ2v) is 4.36. The molecule has 2 rings (SSSR count). The molecule has 0 spiro atoms. The maximum Gasteiger partial charge on any atom is 0.115 e. The van der Waals surface area contributed by atoms with Gasteiger partial charge in [-0.2, -0.15) is 5.10 Å². The number of aromatic hydroxyl groups is 1. The van der Waals surface area contributed by atoms with Gasteiger partial charge in [0.15, 0.2) is 0 Å². The number of phenolic OH excluding ortho intramolecular Hbond substituents is 1. The van der Waals surface area contributed by atoms with Crippen molar-refractivity contribution in [3.63, 3.8) is 0 Å². The summed E-state index contributed by atoms with van der Waals surface area (Å²) in [4.78, 5) is 0. The monoisotopic (exact) mass is 231 g/mol. The quantitative estimate of drug-likeness (QED) is 0.844. The molecule has 1 heterocycles. The van der Waals surface area contributed by atoms with Gasteiger partial charge in [-0.3, -0.25) is 4.68 Å². The summed E-state index contributed by atoms with van der Waals surface area (Å²) in [6, 6.07) is 7.23. The Bertz CT molecular complexity index is 500. The van der Waals surface area contributed by atoms with E-state index in [0.717, 1.165) is 23.2 Å². The molecular formula is C13H17N3O. The minimum Gasteiger partial charge on any atom is -0.508 e. The molecule has 0 bridgehead atoms. The Hall–Kier alpha value is -1.81. The first-order valence-electron chi connectivity index (χ1n) is 5.64. The molecule has 0 saturated carbocycles. The molecule has 1 unspecified atom stereocenters. The van der Waals surface area contributed by atoms with E-state index in [9.17, 15) is 5.11 Å². The molecule has 3 N–H and O–H groups in total. The number of aromatic nitrogens is 2. The van der Waals surface area contributed by atoms with Crippen molar-refractivity contribution in [2.24, 2.45) is 12.8 Å². The number of phenols is 1. The lowest BCUT2D eigenvalue weighted by Crippen LogP contribution is -2.20. The van der Waals surface area contributed by atoms with Gasteiger partial charge in [0.2, 0.25) is 0 Å². The normalized spacial score (nSPS) is 12.6. The number of hydrogen-bond acceptors (Lipinski definition) is 3. The number of nitrogens with two attached hydrogens (primary N) is 1. The van der Waals surface area contributed by atoms with Crippen LogP contribution >= 0.6 is 0 Å². The molecule has 0 aliphatic rings.